The molecule has 0 aliphatic rings. The van der Waals surface area contributed by atoms with Crippen LogP contribution in [0, 0.1) is 0 Å². The molecule has 78 valence electrons. The van der Waals surface area contributed by atoms with E-state index in [0.29, 0.717) is 5.88 Å². The van der Waals surface area contributed by atoms with Crippen LogP contribution in [0.15, 0.2) is 12.4 Å². The first-order valence-electron chi connectivity index (χ1n) is 4.67. The van der Waals surface area contributed by atoms with Crippen LogP contribution in [-0.4, -0.2) is 30.2 Å². The third kappa shape index (κ3) is 3.57. The minimum absolute atomic E-state index is 0.571. The van der Waals surface area contributed by atoms with Crippen molar-refractivity contribution in [3.63, 3.8) is 0 Å². The molecule has 1 aromatic rings. The van der Waals surface area contributed by atoms with Crippen LogP contribution in [-0.2, 0) is 0 Å². The SMILES string of the molecule is COc1cc(NCCCCN)ncn1. The van der Waals surface area contributed by atoms with Crippen molar-refractivity contribution < 1.29 is 4.74 Å². The molecule has 5 heteroatoms. The molecule has 0 unspecified atom stereocenters. The Morgan fingerprint density at radius 2 is 2.29 bits per heavy atom. The number of nitrogens with two attached hydrogens (primary N) is 1. The molecule has 0 radical (unpaired) electrons. The van der Waals surface area contributed by atoms with Gasteiger partial charge < -0.3 is 15.8 Å². The highest BCUT2D eigenvalue weighted by atomic mass is 16.5. The van der Waals surface area contributed by atoms with Crippen LogP contribution >= 0.6 is 0 Å². The standard InChI is InChI=1S/C9H16N4O/c1-14-9-6-8(12-7-13-9)11-5-3-2-4-10/h6-7H,2-5,10H2,1H3,(H,11,12,13). The van der Waals surface area contributed by atoms with Crippen LogP contribution < -0.4 is 15.8 Å². The molecule has 0 amide bonds. The summed E-state index contributed by atoms with van der Waals surface area (Å²) < 4.78 is 4.97. The van der Waals surface area contributed by atoms with Crippen LogP contribution in [0.5, 0.6) is 5.88 Å². The second kappa shape index (κ2) is 6.15. The van der Waals surface area contributed by atoms with Gasteiger partial charge >= 0.3 is 0 Å². The highest BCUT2D eigenvalue weighted by Gasteiger charge is 1.96. The van der Waals surface area contributed by atoms with E-state index in [2.05, 4.69) is 15.3 Å². The highest BCUT2D eigenvalue weighted by molar-refractivity contribution is 5.36. The number of hydrogen-bond acceptors (Lipinski definition) is 5. The fourth-order valence-electron chi connectivity index (χ4n) is 1.03. The van der Waals surface area contributed by atoms with E-state index in [0.717, 1.165) is 31.7 Å². The van der Waals surface area contributed by atoms with Crippen molar-refractivity contribution in [3.8, 4) is 5.88 Å². The topological polar surface area (TPSA) is 73.1 Å². The summed E-state index contributed by atoms with van der Waals surface area (Å²) in [4.78, 5) is 7.96. The molecule has 0 saturated carbocycles. The Balaban J connectivity index is 2.34. The summed E-state index contributed by atoms with van der Waals surface area (Å²) in [6.07, 6.45) is 3.54. The Kier molecular flexibility index (Phi) is 4.71. The van der Waals surface area contributed by atoms with Crippen molar-refractivity contribution in [2.75, 3.05) is 25.5 Å². The van der Waals surface area contributed by atoms with E-state index in [1.54, 1.807) is 13.2 Å². The van der Waals surface area contributed by atoms with Gasteiger partial charge in [-0.25, -0.2) is 9.97 Å². The largest absolute Gasteiger partial charge is 0.481 e. The Morgan fingerprint density at radius 1 is 1.43 bits per heavy atom. The first kappa shape index (κ1) is 10.7. The van der Waals surface area contributed by atoms with Gasteiger partial charge in [0.25, 0.3) is 0 Å². The Bertz CT molecular complexity index is 267. The van der Waals surface area contributed by atoms with Gasteiger partial charge in [-0.3, -0.25) is 0 Å². The maximum atomic E-state index is 5.38. The number of nitrogens with zero attached hydrogens (tertiary/aromatic N) is 2. The summed E-state index contributed by atoms with van der Waals surface area (Å²) in [6.45, 7) is 1.60. The lowest BCUT2D eigenvalue weighted by molar-refractivity contribution is 0.397. The number of aromatic nitrogens is 2. The van der Waals surface area contributed by atoms with Gasteiger partial charge in [-0.15, -0.1) is 0 Å². The van der Waals surface area contributed by atoms with E-state index < -0.39 is 0 Å². The molecule has 1 rings (SSSR count). The summed E-state index contributed by atoms with van der Waals surface area (Å²) in [5.74, 6) is 1.36. The molecular formula is C9H16N4O. The van der Waals surface area contributed by atoms with Gasteiger partial charge in [0.15, 0.2) is 0 Å². The summed E-state index contributed by atoms with van der Waals surface area (Å²) >= 11 is 0. The number of methoxy groups -OCH3 is 1. The maximum absolute atomic E-state index is 5.38. The van der Waals surface area contributed by atoms with E-state index in [1.807, 2.05) is 0 Å². The zero-order valence-electron chi connectivity index (χ0n) is 8.36. The minimum atomic E-state index is 0.571. The van der Waals surface area contributed by atoms with E-state index in [9.17, 15) is 0 Å². The van der Waals surface area contributed by atoms with E-state index in [4.69, 9.17) is 10.5 Å². The van der Waals surface area contributed by atoms with Crippen LogP contribution in [0.25, 0.3) is 0 Å². The normalized spacial score (nSPS) is 9.86. The van der Waals surface area contributed by atoms with Crippen LogP contribution in [0.4, 0.5) is 5.82 Å². The molecule has 0 fully saturated rings. The number of anilines is 1. The number of rotatable bonds is 6. The smallest absolute Gasteiger partial charge is 0.218 e. The lowest BCUT2D eigenvalue weighted by Gasteiger charge is -2.05. The van der Waals surface area contributed by atoms with Gasteiger partial charge in [-0.1, -0.05) is 0 Å². The van der Waals surface area contributed by atoms with Crippen LogP contribution in [0.2, 0.25) is 0 Å². The summed E-state index contributed by atoms with van der Waals surface area (Å²) in [7, 11) is 1.58. The molecule has 0 saturated heterocycles. The van der Waals surface area contributed by atoms with Crippen molar-refractivity contribution in [2.24, 2.45) is 5.73 Å². The van der Waals surface area contributed by atoms with Gasteiger partial charge in [-0.2, -0.15) is 0 Å². The van der Waals surface area contributed by atoms with Crippen molar-refractivity contribution in [3.05, 3.63) is 12.4 Å². The summed E-state index contributed by atoms with van der Waals surface area (Å²) in [6, 6.07) is 1.77. The minimum Gasteiger partial charge on any atom is -0.481 e. The zero-order chi connectivity index (χ0) is 10.2. The van der Waals surface area contributed by atoms with Crippen LogP contribution in [0.1, 0.15) is 12.8 Å². The van der Waals surface area contributed by atoms with E-state index in [1.165, 1.54) is 6.33 Å². The Labute approximate surface area is 83.7 Å². The van der Waals surface area contributed by atoms with E-state index >= 15 is 0 Å². The second-order valence-electron chi connectivity index (χ2n) is 2.87. The summed E-state index contributed by atoms with van der Waals surface area (Å²) in [5, 5.41) is 3.17. The fourth-order valence-corrected chi connectivity index (χ4v) is 1.03. The van der Waals surface area contributed by atoms with E-state index in [-0.39, 0.29) is 0 Å². The zero-order valence-corrected chi connectivity index (χ0v) is 8.36. The quantitative estimate of drug-likeness (QED) is 0.653. The third-order valence-electron chi connectivity index (χ3n) is 1.79. The number of hydrogen-bond donors (Lipinski definition) is 2. The van der Waals surface area contributed by atoms with Crippen LogP contribution in [0.3, 0.4) is 0 Å². The molecule has 1 aromatic heterocycles. The molecular weight excluding hydrogens is 180 g/mol. The van der Waals surface area contributed by atoms with Crippen molar-refractivity contribution >= 4 is 5.82 Å². The first-order chi connectivity index (χ1) is 6.86. The maximum Gasteiger partial charge on any atom is 0.218 e. The van der Waals surface area contributed by atoms with Gasteiger partial charge in [0.1, 0.15) is 12.1 Å². The molecule has 14 heavy (non-hydrogen) atoms. The van der Waals surface area contributed by atoms with Gasteiger partial charge in [-0.05, 0) is 19.4 Å². The molecule has 1 heterocycles. The molecule has 0 aliphatic carbocycles. The third-order valence-corrected chi connectivity index (χ3v) is 1.79. The molecule has 3 N–H and O–H groups in total. The second-order valence-corrected chi connectivity index (χ2v) is 2.87. The average molecular weight is 196 g/mol. The molecule has 0 atom stereocenters. The monoisotopic (exact) mass is 196 g/mol. The van der Waals surface area contributed by atoms with Gasteiger partial charge in [0.05, 0.1) is 7.11 Å². The Morgan fingerprint density at radius 3 is 3.00 bits per heavy atom. The first-order valence-corrected chi connectivity index (χ1v) is 4.67. The number of nitrogens with one attached hydrogen (secondary N) is 1. The average Bonchev–Trinajstić information content (AvgIpc) is 2.25. The predicted molar refractivity (Wildman–Crippen MR) is 55.4 cm³/mol. The highest BCUT2D eigenvalue weighted by Crippen LogP contribution is 2.09. The molecule has 0 bridgehead atoms. The fraction of sp³-hybridized carbons (Fsp3) is 0.556. The number of ether oxygens (including phenoxy) is 1. The summed E-state index contributed by atoms with van der Waals surface area (Å²) in [5.41, 5.74) is 5.38. The molecule has 5 nitrogen and oxygen atoms in total. The van der Waals surface area contributed by atoms with Gasteiger partial charge in [0, 0.05) is 12.6 Å². The molecule has 0 aromatic carbocycles. The lowest BCUT2D eigenvalue weighted by Crippen LogP contribution is -2.07. The number of unbranched alkanes of at least 4 members (excludes halogenated alkanes) is 1. The molecule has 0 spiro atoms. The Hall–Kier alpha value is -1.36. The van der Waals surface area contributed by atoms with Gasteiger partial charge in [0.2, 0.25) is 5.88 Å². The molecule has 0 aliphatic heterocycles. The lowest BCUT2D eigenvalue weighted by atomic mass is 10.3. The van der Waals surface area contributed by atoms with Crippen molar-refractivity contribution in [1.82, 2.24) is 9.97 Å². The van der Waals surface area contributed by atoms with Crippen molar-refractivity contribution in [1.29, 1.82) is 0 Å². The van der Waals surface area contributed by atoms with Crippen molar-refractivity contribution in [2.45, 2.75) is 12.8 Å². The predicted octanol–water partition coefficient (Wildman–Crippen LogP) is 0.636.